The number of carbonyl (C=O) groups is 1. The van der Waals surface area contributed by atoms with Gasteiger partial charge in [-0.3, -0.25) is 4.79 Å². The van der Waals surface area contributed by atoms with Gasteiger partial charge in [-0.15, -0.1) is 0 Å². The van der Waals surface area contributed by atoms with Crippen molar-refractivity contribution in [2.45, 2.75) is 6.92 Å². The van der Waals surface area contributed by atoms with Crippen LogP contribution < -0.4 is 0 Å². The van der Waals surface area contributed by atoms with E-state index in [-0.39, 0.29) is 11.3 Å². The van der Waals surface area contributed by atoms with Gasteiger partial charge in [0.1, 0.15) is 5.82 Å². The summed E-state index contributed by atoms with van der Waals surface area (Å²) in [6.45, 7) is 1.81. The van der Waals surface area contributed by atoms with Gasteiger partial charge in [0, 0.05) is 15.1 Å². The molecule has 0 aliphatic rings. The third kappa shape index (κ3) is 2.62. The molecule has 0 unspecified atom stereocenters. The van der Waals surface area contributed by atoms with Gasteiger partial charge in [-0.05, 0) is 37.3 Å². The van der Waals surface area contributed by atoms with E-state index in [9.17, 15) is 9.18 Å². The first-order chi connectivity index (χ1) is 8.49. The van der Waals surface area contributed by atoms with Gasteiger partial charge in [0.05, 0.1) is 5.56 Å². The summed E-state index contributed by atoms with van der Waals surface area (Å²) in [7, 11) is 0. The van der Waals surface area contributed by atoms with Gasteiger partial charge < -0.3 is 0 Å². The van der Waals surface area contributed by atoms with Crippen molar-refractivity contribution in [1.29, 1.82) is 0 Å². The molecule has 1 nitrogen and oxygen atoms in total. The van der Waals surface area contributed by atoms with Crippen molar-refractivity contribution in [3.8, 4) is 0 Å². The van der Waals surface area contributed by atoms with Crippen LogP contribution in [0.25, 0.3) is 0 Å². The highest BCUT2D eigenvalue weighted by atomic mass is 79.9. The maximum atomic E-state index is 13.7. The summed E-state index contributed by atoms with van der Waals surface area (Å²) in [5.41, 5.74) is 1.24. The molecule has 2 rings (SSSR count). The van der Waals surface area contributed by atoms with Crippen LogP contribution in [0, 0.1) is 12.7 Å². The van der Waals surface area contributed by atoms with Crippen molar-refractivity contribution < 1.29 is 9.18 Å². The fourth-order valence-corrected chi connectivity index (χ4v) is 2.23. The highest BCUT2D eigenvalue weighted by Crippen LogP contribution is 2.25. The van der Waals surface area contributed by atoms with Crippen LogP contribution in [-0.4, -0.2) is 5.78 Å². The molecule has 0 N–H and O–H groups in total. The molecule has 2 aromatic rings. The van der Waals surface area contributed by atoms with E-state index in [0.717, 1.165) is 5.56 Å². The first-order valence-electron chi connectivity index (χ1n) is 5.25. The predicted octanol–water partition coefficient (Wildman–Crippen LogP) is 4.78. The van der Waals surface area contributed by atoms with Gasteiger partial charge in [0.15, 0.2) is 5.78 Å². The summed E-state index contributed by atoms with van der Waals surface area (Å²) < 4.78 is 14.3. The molecule has 0 fully saturated rings. The molecule has 0 saturated carbocycles. The monoisotopic (exact) mass is 326 g/mol. The molecule has 0 aliphatic carbocycles. The Balaban J connectivity index is 2.54. The van der Waals surface area contributed by atoms with E-state index in [1.165, 1.54) is 18.2 Å². The Morgan fingerprint density at radius 1 is 1.17 bits per heavy atom. The van der Waals surface area contributed by atoms with Crippen molar-refractivity contribution in [2.24, 2.45) is 0 Å². The number of carbonyl (C=O) groups excluding carboxylic acids is 1. The van der Waals surface area contributed by atoms with Crippen molar-refractivity contribution in [2.75, 3.05) is 0 Å². The van der Waals surface area contributed by atoms with Crippen LogP contribution >= 0.6 is 27.5 Å². The van der Waals surface area contributed by atoms with E-state index in [1.807, 2.05) is 6.92 Å². The van der Waals surface area contributed by atoms with Crippen molar-refractivity contribution in [3.05, 3.63) is 68.4 Å². The highest BCUT2D eigenvalue weighted by Gasteiger charge is 2.17. The molecule has 2 aromatic carbocycles. The van der Waals surface area contributed by atoms with E-state index >= 15 is 0 Å². The number of halogens is 3. The summed E-state index contributed by atoms with van der Waals surface area (Å²) in [4.78, 5) is 12.3. The summed E-state index contributed by atoms with van der Waals surface area (Å²) in [6, 6.07) is 9.30. The van der Waals surface area contributed by atoms with Crippen LogP contribution in [0.4, 0.5) is 4.39 Å². The van der Waals surface area contributed by atoms with Gasteiger partial charge >= 0.3 is 0 Å². The predicted molar refractivity (Wildman–Crippen MR) is 73.7 cm³/mol. The summed E-state index contributed by atoms with van der Waals surface area (Å²) >= 11 is 9.12. The molecule has 0 aliphatic heterocycles. The van der Waals surface area contributed by atoms with Crippen molar-refractivity contribution in [3.63, 3.8) is 0 Å². The zero-order valence-electron chi connectivity index (χ0n) is 9.51. The Kier molecular flexibility index (Phi) is 3.83. The van der Waals surface area contributed by atoms with Gasteiger partial charge in [-0.1, -0.05) is 39.2 Å². The molecule has 0 spiro atoms. The van der Waals surface area contributed by atoms with Gasteiger partial charge in [0.25, 0.3) is 0 Å². The van der Waals surface area contributed by atoms with E-state index in [1.54, 1.807) is 18.2 Å². The molecule has 18 heavy (non-hydrogen) atoms. The quantitative estimate of drug-likeness (QED) is 0.725. The third-order valence-electron chi connectivity index (χ3n) is 2.54. The SMILES string of the molecule is Cc1ccc(F)c(C(=O)c2cc(Cl)ccc2Br)c1. The average Bonchev–Trinajstić information content (AvgIpc) is 2.34. The normalized spacial score (nSPS) is 10.4. The Morgan fingerprint density at radius 3 is 2.61 bits per heavy atom. The molecule has 92 valence electrons. The smallest absolute Gasteiger partial charge is 0.197 e. The maximum absolute atomic E-state index is 13.7. The molecule has 4 heteroatoms. The van der Waals surface area contributed by atoms with Crippen LogP contribution in [0.5, 0.6) is 0 Å². The zero-order chi connectivity index (χ0) is 13.3. The van der Waals surface area contributed by atoms with E-state index < -0.39 is 5.82 Å². The number of rotatable bonds is 2. The molecule has 0 atom stereocenters. The molecular weight excluding hydrogens is 319 g/mol. The molecule has 0 radical (unpaired) electrons. The molecule has 0 heterocycles. The first kappa shape index (κ1) is 13.2. The van der Waals surface area contributed by atoms with Crippen molar-refractivity contribution >= 4 is 33.3 Å². The Labute approximate surface area is 118 Å². The third-order valence-corrected chi connectivity index (χ3v) is 3.47. The fraction of sp³-hybridized carbons (Fsp3) is 0.0714. The second-order valence-corrected chi connectivity index (χ2v) is 5.23. The van der Waals surface area contributed by atoms with Crippen LogP contribution in [-0.2, 0) is 0 Å². The Morgan fingerprint density at radius 2 is 1.89 bits per heavy atom. The summed E-state index contributed by atoms with van der Waals surface area (Å²) in [6.07, 6.45) is 0. The second-order valence-electron chi connectivity index (χ2n) is 3.94. The Hall–Kier alpha value is -1.19. The molecule has 0 bridgehead atoms. The van der Waals surface area contributed by atoms with E-state index in [2.05, 4.69) is 15.9 Å². The van der Waals surface area contributed by atoms with Gasteiger partial charge in [0.2, 0.25) is 0 Å². The standard InChI is InChI=1S/C14H9BrClFO/c1-8-2-5-13(17)11(6-8)14(18)10-7-9(16)3-4-12(10)15/h2-7H,1H3. The lowest BCUT2D eigenvalue weighted by atomic mass is 10.0. The summed E-state index contributed by atoms with van der Waals surface area (Å²) in [5.74, 6) is -0.914. The van der Waals surface area contributed by atoms with Crippen LogP contribution in [0.1, 0.15) is 21.5 Å². The molecule has 0 saturated heterocycles. The topological polar surface area (TPSA) is 17.1 Å². The minimum atomic E-state index is -0.530. The fourth-order valence-electron chi connectivity index (χ4n) is 1.63. The lowest BCUT2D eigenvalue weighted by Gasteiger charge is -2.06. The number of aryl methyl sites for hydroxylation is 1. The van der Waals surface area contributed by atoms with Crippen molar-refractivity contribution in [1.82, 2.24) is 0 Å². The van der Waals surface area contributed by atoms with Crippen LogP contribution in [0.15, 0.2) is 40.9 Å². The number of benzene rings is 2. The van der Waals surface area contributed by atoms with E-state index in [4.69, 9.17) is 11.6 Å². The molecule has 0 amide bonds. The maximum Gasteiger partial charge on any atom is 0.197 e. The number of hydrogen-bond donors (Lipinski definition) is 0. The van der Waals surface area contributed by atoms with Gasteiger partial charge in [-0.2, -0.15) is 0 Å². The summed E-state index contributed by atoms with van der Waals surface area (Å²) in [5, 5.41) is 0.439. The zero-order valence-corrected chi connectivity index (χ0v) is 11.8. The molecule has 0 aromatic heterocycles. The number of ketones is 1. The van der Waals surface area contributed by atoms with E-state index in [0.29, 0.717) is 15.1 Å². The highest BCUT2D eigenvalue weighted by molar-refractivity contribution is 9.10. The lowest BCUT2D eigenvalue weighted by Crippen LogP contribution is -2.05. The molecular formula is C14H9BrClFO. The van der Waals surface area contributed by atoms with Crippen LogP contribution in [0.2, 0.25) is 5.02 Å². The van der Waals surface area contributed by atoms with Gasteiger partial charge in [-0.25, -0.2) is 4.39 Å². The largest absolute Gasteiger partial charge is 0.288 e. The second kappa shape index (κ2) is 5.21. The Bertz CT molecular complexity index is 572. The number of hydrogen-bond acceptors (Lipinski definition) is 1. The minimum absolute atomic E-state index is 0.0537. The first-order valence-corrected chi connectivity index (χ1v) is 6.42. The minimum Gasteiger partial charge on any atom is -0.288 e. The lowest BCUT2D eigenvalue weighted by molar-refractivity contribution is 0.103. The average molecular weight is 328 g/mol. The van der Waals surface area contributed by atoms with Crippen LogP contribution in [0.3, 0.4) is 0 Å².